The SMILES string of the molecule is Cc1ccc(NC(=O)c2cccc(C(=O)NC(C)C)n2)cc1. The Morgan fingerprint density at radius 1 is 0.955 bits per heavy atom. The first kappa shape index (κ1) is 15.7. The van der Waals surface area contributed by atoms with E-state index < -0.39 is 0 Å². The maximum Gasteiger partial charge on any atom is 0.274 e. The third-order valence-corrected chi connectivity index (χ3v) is 2.94. The summed E-state index contributed by atoms with van der Waals surface area (Å²) >= 11 is 0. The Morgan fingerprint density at radius 2 is 1.55 bits per heavy atom. The third-order valence-electron chi connectivity index (χ3n) is 2.94. The van der Waals surface area contributed by atoms with Crippen LogP contribution in [0.1, 0.15) is 40.4 Å². The lowest BCUT2D eigenvalue weighted by atomic mass is 10.2. The van der Waals surface area contributed by atoms with Crippen LogP contribution in [0.2, 0.25) is 0 Å². The van der Waals surface area contributed by atoms with E-state index in [1.54, 1.807) is 18.2 Å². The molecule has 5 heteroatoms. The molecule has 0 saturated carbocycles. The van der Waals surface area contributed by atoms with Gasteiger partial charge in [0.05, 0.1) is 0 Å². The van der Waals surface area contributed by atoms with Crippen molar-refractivity contribution in [1.82, 2.24) is 10.3 Å². The predicted octanol–water partition coefficient (Wildman–Crippen LogP) is 2.78. The molecule has 0 aliphatic rings. The van der Waals surface area contributed by atoms with Gasteiger partial charge in [-0.3, -0.25) is 9.59 Å². The van der Waals surface area contributed by atoms with E-state index in [0.29, 0.717) is 5.69 Å². The van der Waals surface area contributed by atoms with Crippen molar-refractivity contribution in [1.29, 1.82) is 0 Å². The van der Waals surface area contributed by atoms with Crippen molar-refractivity contribution in [3.63, 3.8) is 0 Å². The highest BCUT2D eigenvalue weighted by atomic mass is 16.2. The average molecular weight is 297 g/mol. The number of nitrogens with zero attached hydrogens (tertiary/aromatic N) is 1. The monoisotopic (exact) mass is 297 g/mol. The highest BCUT2D eigenvalue weighted by Crippen LogP contribution is 2.10. The summed E-state index contributed by atoms with van der Waals surface area (Å²) in [6.45, 7) is 5.71. The molecule has 5 nitrogen and oxygen atoms in total. The Balaban J connectivity index is 2.13. The minimum Gasteiger partial charge on any atom is -0.349 e. The molecule has 2 aromatic rings. The summed E-state index contributed by atoms with van der Waals surface area (Å²) in [7, 11) is 0. The number of rotatable bonds is 4. The molecule has 1 heterocycles. The standard InChI is InChI=1S/C17H19N3O2/c1-11(2)18-16(21)14-5-4-6-15(20-14)17(22)19-13-9-7-12(3)8-10-13/h4-11H,1-3H3,(H,18,21)(H,19,22). The highest BCUT2D eigenvalue weighted by Gasteiger charge is 2.13. The first-order valence-electron chi connectivity index (χ1n) is 7.11. The van der Waals surface area contributed by atoms with Gasteiger partial charge in [0.25, 0.3) is 11.8 Å². The smallest absolute Gasteiger partial charge is 0.274 e. The molecule has 2 N–H and O–H groups in total. The number of pyridine rings is 1. The number of hydrogen-bond acceptors (Lipinski definition) is 3. The number of aromatic nitrogens is 1. The molecule has 0 atom stereocenters. The Hall–Kier alpha value is -2.69. The maximum atomic E-state index is 12.2. The molecule has 2 rings (SSSR count). The lowest BCUT2D eigenvalue weighted by Crippen LogP contribution is -2.31. The second-order valence-electron chi connectivity index (χ2n) is 5.36. The molecule has 0 radical (unpaired) electrons. The van der Waals surface area contributed by atoms with Crippen molar-refractivity contribution in [2.75, 3.05) is 5.32 Å². The van der Waals surface area contributed by atoms with Gasteiger partial charge in [0.2, 0.25) is 0 Å². The van der Waals surface area contributed by atoms with Gasteiger partial charge in [0.1, 0.15) is 11.4 Å². The fourth-order valence-electron chi connectivity index (χ4n) is 1.86. The molecule has 1 aromatic heterocycles. The molecule has 0 unspecified atom stereocenters. The van der Waals surface area contributed by atoms with E-state index in [1.807, 2.05) is 45.0 Å². The van der Waals surface area contributed by atoms with Crippen LogP contribution in [0.5, 0.6) is 0 Å². The first-order valence-corrected chi connectivity index (χ1v) is 7.11. The van der Waals surface area contributed by atoms with Crippen molar-refractivity contribution in [2.45, 2.75) is 26.8 Å². The zero-order valence-corrected chi connectivity index (χ0v) is 12.9. The van der Waals surface area contributed by atoms with E-state index in [1.165, 1.54) is 0 Å². The molecular weight excluding hydrogens is 278 g/mol. The molecule has 0 spiro atoms. The second kappa shape index (κ2) is 6.85. The lowest BCUT2D eigenvalue weighted by Gasteiger charge is -2.09. The molecule has 0 saturated heterocycles. The molecule has 0 aliphatic carbocycles. The Kier molecular flexibility index (Phi) is 4.88. The predicted molar refractivity (Wildman–Crippen MR) is 86.0 cm³/mol. The van der Waals surface area contributed by atoms with E-state index in [2.05, 4.69) is 15.6 Å². The van der Waals surface area contributed by atoms with Crippen molar-refractivity contribution in [3.05, 3.63) is 59.4 Å². The summed E-state index contributed by atoms with van der Waals surface area (Å²) in [6, 6.07) is 12.3. The molecular formula is C17H19N3O2. The zero-order valence-electron chi connectivity index (χ0n) is 12.9. The summed E-state index contributed by atoms with van der Waals surface area (Å²) in [4.78, 5) is 28.2. The van der Waals surface area contributed by atoms with Crippen molar-refractivity contribution in [3.8, 4) is 0 Å². The van der Waals surface area contributed by atoms with Crippen LogP contribution in [0.3, 0.4) is 0 Å². The van der Waals surface area contributed by atoms with E-state index in [9.17, 15) is 9.59 Å². The van der Waals surface area contributed by atoms with Gasteiger partial charge in [0.15, 0.2) is 0 Å². The van der Waals surface area contributed by atoms with Gasteiger partial charge in [-0.25, -0.2) is 4.98 Å². The number of carbonyl (C=O) groups is 2. The molecule has 1 aromatic carbocycles. The highest BCUT2D eigenvalue weighted by molar-refractivity contribution is 6.03. The number of amides is 2. The van der Waals surface area contributed by atoms with Crippen molar-refractivity contribution in [2.24, 2.45) is 0 Å². The van der Waals surface area contributed by atoms with Crippen LogP contribution in [-0.2, 0) is 0 Å². The van der Waals surface area contributed by atoms with E-state index in [0.717, 1.165) is 5.56 Å². The van der Waals surface area contributed by atoms with Gasteiger partial charge in [-0.05, 0) is 45.0 Å². The first-order chi connectivity index (χ1) is 10.5. The number of anilines is 1. The molecule has 0 bridgehead atoms. The van der Waals surface area contributed by atoms with Crippen LogP contribution in [0.25, 0.3) is 0 Å². The van der Waals surface area contributed by atoms with Gasteiger partial charge in [-0.15, -0.1) is 0 Å². The van der Waals surface area contributed by atoms with Crippen LogP contribution in [0.15, 0.2) is 42.5 Å². The minimum absolute atomic E-state index is 0.0133. The number of aryl methyl sites for hydroxylation is 1. The van der Waals surface area contributed by atoms with Crippen LogP contribution < -0.4 is 10.6 Å². The number of hydrogen-bond donors (Lipinski definition) is 2. The van der Waals surface area contributed by atoms with E-state index in [-0.39, 0.29) is 29.2 Å². The third kappa shape index (κ3) is 4.15. The van der Waals surface area contributed by atoms with Gasteiger partial charge >= 0.3 is 0 Å². The number of carbonyl (C=O) groups excluding carboxylic acids is 2. The van der Waals surface area contributed by atoms with E-state index >= 15 is 0 Å². The van der Waals surface area contributed by atoms with Crippen LogP contribution in [-0.4, -0.2) is 22.8 Å². The minimum atomic E-state index is -0.344. The maximum absolute atomic E-state index is 12.2. The molecule has 0 fully saturated rings. The van der Waals surface area contributed by atoms with E-state index in [4.69, 9.17) is 0 Å². The normalized spacial score (nSPS) is 10.4. The average Bonchev–Trinajstić information content (AvgIpc) is 2.49. The molecule has 0 aliphatic heterocycles. The molecule has 114 valence electrons. The summed E-state index contributed by atoms with van der Waals surface area (Å²) in [5, 5.41) is 5.51. The Morgan fingerprint density at radius 3 is 2.14 bits per heavy atom. The number of nitrogens with one attached hydrogen (secondary N) is 2. The van der Waals surface area contributed by atoms with Gasteiger partial charge in [-0.2, -0.15) is 0 Å². The fourth-order valence-corrected chi connectivity index (χ4v) is 1.86. The zero-order chi connectivity index (χ0) is 16.1. The molecule has 2 amide bonds. The lowest BCUT2D eigenvalue weighted by molar-refractivity contribution is 0.0938. The Bertz CT molecular complexity index is 679. The summed E-state index contributed by atoms with van der Waals surface area (Å²) in [6.07, 6.45) is 0. The topological polar surface area (TPSA) is 71.1 Å². The summed E-state index contributed by atoms with van der Waals surface area (Å²) < 4.78 is 0. The summed E-state index contributed by atoms with van der Waals surface area (Å²) in [5.74, 6) is -0.636. The fraction of sp³-hybridized carbons (Fsp3) is 0.235. The second-order valence-corrected chi connectivity index (χ2v) is 5.36. The van der Waals surface area contributed by atoms with Crippen molar-refractivity contribution >= 4 is 17.5 Å². The largest absolute Gasteiger partial charge is 0.349 e. The quantitative estimate of drug-likeness (QED) is 0.911. The Labute approximate surface area is 129 Å². The van der Waals surface area contributed by atoms with Gasteiger partial charge in [0, 0.05) is 11.7 Å². The van der Waals surface area contributed by atoms with Gasteiger partial charge < -0.3 is 10.6 Å². The van der Waals surface area contributed by atoms with Crippen LogP contribution in [0, 0.1) is 6.92 Å². The van der Waals surface area contributed by atoms with Crippen molar-refractivity contribution < 1.29 is 9.59 Å². The number of benzene rings is 1. The van der Waals surface area contributed by atoms with Crippen LogP contribution in [0.4, 0.5) is 5.69 Å². The molecule has 22 heavy (non-hydrogen) atoms. The summed E-state index contributed by atoms with van der Waals surface area (Å²) in [5.41, 5.74) is 2.24. The van der Waals surface area contributed by atoms with Gasteiger partial charge in [-0.1, -0.05) is 23.8 Å². The van der Waals surface area contributed by atoms with Crippen LogP contribution >= 0.6 is 0 Å².